The van der Waals surface area contributed by atoms with Crippen molar-refractivity contribution in [2.75, 3.05) is 13.1 Å². The van der Waals surface area contributed by atoms with Gasteiger partial charge in [0.05, 0.1) is 28.0 Å². The van der Waals surface area contributed by atoms with Crippen molar-refractivity contribution in [2.24, 2.45) is 5.92 Å². The highest BCUT2D eigenvalue weighted by molar-refractivity contribution is 5.77. The standard InChI is InChI=1S/C28H29N3O5/c32-20-8-7-16-13-21-28(35)10-9-19(31-25(33)17-3-1-2-4-18(17)29-26(31)34)24-27(28,22(16)23(20)36-24)11-12-30(21)14-15-5-6-15/h1-4,7-8,15,19,21,24,32,35H,5-6,9-14H2,(H,29,34)/t19-,21-,24+,27+,28-/m1/s1. The molecule has 1 saturated heterocycles. The summed E-state index contributed by atoms with van der Waals surface area (Å²) < 4.78 is 7.86. The Morgan fingerprint density at radius 1 is 1.08 bits per heavy atom. The number of hydrogen-bond donors (Lipinski definition) is 3. The van der Waals surface area contributed by atoms with Crippen molar-refractivity contribution in [3.05, 3.63) is 68.4 Å². The molecule has 3 heterocycles. The summed E-state index contributed by atoms with van der Waals surface area (Å²) in [5, 5.41) is 23.9. The first-order chi connectivity index (χ1) is 17.4. The number of benzene rings is 2. The smallest absolute Gasteiger partial charge is 0.329 e. The number of fused-ring (bicyclic) bond motifs is 1. The van der Waals surface area contributed by atoms with Crippen LogP contribution in [0.15, 0.2) is 46.0 Å². The number of rotatable bonds is 3. The molecule has 2 bridgehead atoms. The number of phenols is 1. The summed E-state index contributed by atoms with van der Waals surface area (Å²) in [6, 6.07) is 10.1. The second-order valence-corrected chi connectivity index (χ2v) is 11.5. The molecule has 5 aliphatic rings. The maximum absolute atomic E-state index is 13.6. The Morgan fingerprint density at radius 2 is 1.92 bits per heavy atom. The summed E-state index contributed by atoms with van der Waals surface area (Å²) in [5.74, 6) is 1.18. The Bertz CT molecular complexity index is 1560. The topological polar surface area (TPSA) is 108 Å². The highest BCUT2D eigenvalue weighted by Crippen LogP contribution is 2.67. The van der Waals surface area contributed by atoms with E-state index in [1.54, 1.807) is 30.3 Å². The lowest BCUT2D eigenvalue weighted by atomic mass is 9.48. The molecule has 2 aliphatic heterocycles. The molecule has 8 nitrogen and oxygen atoms in total. The number of aromatic amines is 1. The molecule has 0 amide bonds. The Hall–Kier alpha value is -3.10. The Balaban J connectivity index is 1.34. The molecule has 2 saturated carbocycles. The van der Waals surface area contributed by atoms with Crippen LogP contribution >= 0.6 is 0 Å². The van der Waals surface area contributed by atoms with E-state index in [4.69, 9.17) is 4.74 Å². The zero-order valence-corrected chi connectivity index (χ0v) is 19.9. The summed E-state index contributed by atoms with van der Waals surface area (Å²) >= 11 is 0. The number of para-hydroxylation sites is 1. The van der Waals surface area contributed by atoms with Crippen LogP contribution in [0.25, 0.3) is 10.9 Å². The lowest BCUT2D eigenvalue weighted by Gasteiger charge is -2.64. The summed E-state index contributed by atoms with van der Waals surface area (Å²) in [4.78, 5) is 32.3. The van der Waals surface area contributed by atoms with E-state index in [2.05, 4.69) is 9.88 Å². The third-order valence-corrected chi connectivity index (χ3v) is 9.90. The number of aromatic nitrogens is 2. The number of piperidine rings is 1. The van der Waals surface area contributed by atoms with Crippen LogP contribution in [0.3, 0.4) is 0 Å². The molecule has 1 aromatic heterocycles. The van der Waals surface area contributed by atoms with Crippen LogP contribution in [-0.4, -0.2) is 55.5 Å². The Morgan fingerprint density at radius 3 is 2.75 bits per heavy atom. The molecule has 0 radical (unpaired) electrons. The fourth-order valence-electron chi connectivity index (χ4n) is 8.20. The number of likely N-dealkylation sites (tertiary alicyclic amines) is 1. The van der Waals surface area contributed by atoms with E-state index in [0.717, 1.165) is 24.2 Å². The highest BCUT2D eigenvalue weighted by Gasteiger charge is 2.73. The molecule has 8 rings (SSSR count). The van der Waals surface area contributed by atoms with E-state index < -0.39 is 28.9 Å². The van der Waals surface area contributed by atoms with Crippen molar-refractivity contribution in [3.63, 3.8) is 0 Å². The van der Waals surface area contributed by atoms with E-state index >= 15 is 0 Å². The zero-order chi connectivity index (χ0) is 24.4. The predicted octanol–water partition coefficient (Wildman–Crippen LogP) is 2.20. The number of ether oxygens (including phenoxy) is 1. The number of nitrogens with zero attached hydrogens (tertiary/aromatic N) is 2. The van der Waals surface area contributed by atoms with Gasteiger partial charge in [-0.05, 0) is 74.8 Å². The van der Waals surface area contributed by atoms with Crippen molar-refractivity contribution in [3.8, 4) is 11.5 Å². The number of hydrogen-bond acceptors (Lipinski definition) is 6. The van der Waals surface area contributed by atoms with Crippen molar-refractivity contribution in [1.29, 1.82) is 0 Å². The number of H-pyrrole nitrogens is 1. The lowest BCUT2D eigenvalue weighted by molar-refractivity contribution is -0.196. The van der Waals surface area contributed by atoms with Gasteiger partial charge in [0.2, 0.25) is 0 Å². The molecule has 3 N–H and O–H groups in total. The molecule has 8 heteroatoms. The minimum atomic E-state index is -1.05. The first kappa shape index (κ1) is 21.0. The van der Waals surface area contributed by atoms with E-state index in [9.17, 15) is 19.8 Å². The van der Waals surface area contributed by atoms with Crippen molar-refractivity contribution < 1.29 is 14.9 Å². The Labute approximate surface area is 207 Å². The van der Waals surface area contributed by atoms with Crippen LogP contribution in [-0.2, 0) is 11.8 Å². The fraction of sp³-hybridized carbons (Fsp3) is 0.500. The quantitative estimate of drug-likeness (QED) is 0.523. The van der Waals surface area contributed by atoms with Crippen LogP contribution < -0.4 is 16.0 Å². The van der Waals surface area contributed by atoms with Gasteiger partial charge in [-0.15, -0.1) is 0 Å². The molecule has 2 aromatic carbocycles. The third-order valence-electron chi connectivity index (χ3n) is 9.90. The van der Waals surface area contributed by atoms with Gasteiger partial charge >= 0.3 is 5.69 Å². The predicted molar refractivity (Wildman–Crippen MR) is 133 cm³/mol. The van der Waals surface area contributed by atoms with Crippen LogP contribution in [0.2, 0.25) is 0 Å². The second-order valence-electron chi connectivity index (χ2n) is 11.5. The average molecular weight is 488 g/mol. The summed E-state index contributed by atoms with van der Waals surface area (Å²) in [6.45, 7) is 1.83. The second kappa shape index (κ2) is 6.81. The van der Waals surface area contributed by atoms with Crippen molar-refractivity contribution in [2.45, 2.75) is 67.7 Å². The molecule has 3 aliphatic carbocycles. The molecule has 3 fully saturated rings. The molecule has 0 unspecified atom stereocenters. The van der Waals surface area contributed by atoms with Crippen molar-refractivity contribution in [1.82, 2.24) is 14.5 Å². The molecule has 3 aromatic rings. The zero-order valence-electron chi connectivity index (χ0n) is 19.9. The normalized spacial score (nSPS) is 34.4. The van der Waals surface area contributed by atoms with Crippen molar-refractivity contribution >= 4 is 10.9 Å². The average Bonchev–Trinajstić information content (AvgIpc) is 3.60. The minimum absolute atomic E-state index is 0.0477. The van der Waals surface area contributed by atoms with Gasteiger partial charge in [0.15, 0.2) is 11.5 Å². The van der Waals surface area contributed by atoms with Gasteiger partial charge in [-0.3, -0.25) is 14.3 Å². The molecule has 1 spiro atoms. The summed E-state index contributed by atoms with van der Waals surface area (Å²) in [5.41, 5.74) is -0.138. The van der Waals surface area contributed by atoms with E-state index in [1.165, 1.54) is 17.4 Å². The van der Waals surface area contributed by atoms with E-state index in [-0.39, 0.29) is 17.4 Å². The highest BCUT2D eigenvalue weighted by atomic mass is 16.5. The minimum Gasteiger partial charge on any atom is -0.504 e. The first-order valence-corrected chi connectivity index (χ1v) is 13.1. The van der Waals surface area contributed by atoms with Gasteiger partial charge < -0.3 is 19.9 Å². The fourth-order valence-corrected chi connectivity index (χ4v) is 8.20. The van der Waals surface area contributed by atoms with Gasteiger partial charge in [-0.2, -0.15) is 0 Å². The van der Waals surface area contributed by atoms with Gasteiger partial charge in [0, 0.05) is 18.2 Å². The number of aromatic hydroxyl groups is 1. The molecule has 36 heavy (non-hydrogen) atoms. The monoisotopic (exact) mass is 487 g/mol. The summed E-state index contributed by atoms with van der Waals surface area (Å²) in [7, 11) is 0. The van der Waals surface area contributed by atoms with Gasteiger partial charge in [0.25, 0.3) is 5.56 Å². The number of nitrogens with one attached hydrogen (secondary N) is 1. The largest absolute Gasteiger partial charge is 0.504 e. The van der Waals surface area contributed by atoms with Crippen LogP contribution in [0, 0.1) is 5.92 Å². The molecular formula is C28H29N3O5. The van der Waals surface area contributed by atoms with Gasteiger partial charge in [0.1, 0.15) is 6.10 Å². The number of phenolic OH excluding ortho intramolecular Hbond substituents is 1. The SMILES string of the molecule is O=c1[nH]c2ccccc2c(=O)n1[C@@H]1CC[C@@]2(O)[C@H]3Cc4ccc(O)c5c4[C@@]2(CCN3CC2CC2)[C@H]1O5. The van der Waals surface area contributed by atoms with Gasteiger partial charge in [-0.1, -0.05) is 18.2 Å². The van der Waals surface area contributed by atoms with E-state index in [0.29, 0.717) is 48.3 Å². The maximum atomic E-state index is 13.6. The first-order valence-electron chi connectivity index (χ1n) is 13.1. The maximum Gasteiger partial charge on any atom is 0.329 e. The molecular weight excluding hydrogens is 458 g/mol. The van der Waals surface area contributed by atoms with Crippen LogP contribution in [0.4, 0.5) is 0 Å². The summed E-state index contributed by atoms with van der Waals surface area (Å²) in [6.07, 6.45) is 4.18. The lowest BCUT2D eigenvalue weighted by Crippen LogP contribution is -2.76. The van der Waals surface area contributed by atoms with E-state index in [1.807, 2.05) is 6.07 Å². The molecule has 186 valence electrons. The number of aliphatic hydroxyl groups is 1. The van der Waals surface area contributed by atoms with Crippen LogP contribution in [0.5, 0.6) is 11.5 Å². The van der Waals surface area contributed by atoms with Crippen LogP contribution in [0.1, 0.15) is 49.3 Å². The van der Waals surface area contributed by atoms with Gasteiger partial charge in [-0.25, -0.2) is 4.79 Å². The third kappa shape index (κ3) is 2.42. The Kier molecular flexibility index (Phi) is 3.98. The molecule has 5 atom stereocenters.